The second-order valence-electron chi connectivity index (χ2n) is 5.72. The molecule has 2 aliphatic rings. The Kier molecular flexibility index (Phi) is 3.73. The molecular formula is C16H18N2O3. The van der Waals surface area contributed by atoms with E-state index in [-0.39, 0.29) is 24.2 Å². The van der Waals surface area contributed by atoms with Crippen molar-refractivity contribution in [2.45, 2.75) is 38.1 Å². The summed E-state index contributed by atoms with van der Waals surface area (Å²) in [6.07, 6.45) is 3.08. The van der Waals surface area contributed by atoms with E-state index in [2.05, 4.69) is 22.8 Å². The Hall–Kier alpha value is -2.17. The fraction of sp³-hybridized carbons (Fsp3) is 0.438. The number of rotatable bonds is 2. The van der Waals surface area contributed by atoms with Gasteiger partial charge >= 0.3 is 0 Å². The first-order valence-corrected chi connectivity index (χ1v) is 7.34. The van der Waals surface area contributed by atoms with Crippen LogP contribution in [0.5, 0.6) is 0 Å². The van der Waals surface area contributed by atoms with Gasteiger partial charge in [0.2, 0.25) is 17.7 Å². The van der Waals surface area contributed by atoms with Crippen LogP contribution in [0.2, 0.25) is 0 Å². The van der Waals surface area contributed by atoms with Gasteiger partial charge in [0.1, 0.15) is 6.04 Å². The molecule has 1 saturated heterocycles. The zero-order valence-electron chi connectivity index (χ0n) is 11.7. The molecule has 0 bridgehead atoms. The number of piperidine rings is 1. The summed E-state index contributed by atoms with van der Waals surface area (Å²) >= 11 is 0. The summed E-state index contributed by atoms with van der Waals surface area (Å²) in [6.45, 7) is 0. The molecule has 3 amide bonds. The number of fused-ring (bicyclic) bond motifs is 1. The summed E-state index contributed by atoms with van der Waals surface area (Å²) in [4.78, 5) is 35.1. The largest absolute Gasteiger partial charge is 0.344 e. The molecule has 2 atom stereocenters. The van der Waals surface area contributed by atoms with Gasteiger partial charge < -0.3 is 5.32 Å². The molecule has 5 nitrogen and oxygen atoms in total. The van der Waals surface area contributed by atoms with Gasteiger partial charge in [-0.3, -0.25) is 19.7 Å². The molecule has 1 aliphatic carbocycles. The van der Waals surface area contributed by atoms with Gasteiger partial charge in [-0.05, 0) is 36.8 Å². The van der Waals surface area contributed by atoms with Crippen molar-refractivity contribution in [2.75, 3.05) is 0 Å². The highest BCUT2D eigenvalue weighted by molar-refractivity contribution is 6.01. The minimum absolute atomic E-state index is 0.0843. The number of nitrogens with one attached hydrogen (secondary N) is 2. The molecule has 2 unspecified atom stereocenters. The summed E-state index contributed by atoms with van der Waals surface area (Å²) in [5, 5.41) is 5.05. The van der Waals surface area contributed by atoms with E-state index in [0.29, 0.717) is 6.42 Å². The highest BCUT2D eigenvalue weighted by atomic mass is 16.2. The summed E-state index contributed by atoms with van der Waals surface area (Å²) in [5.74, 6) is -0.836. The molecule has 3 rings (SSSR count). The topological polar surface area (TPSA) is 75.3 Å². The van der Waals surface area contributed by atoms with Crippen LogP contribution in [0.4, 0.5) is 0 Å². The molecule has 1 fully saturated rings. The molecule has 0 radical (unpaired) electrons. The second-order valence-corrected chi connectivity index (χ2v) is 5.72. The van der Waals surface area contributed by atoms with Gasteiger partial charge in [-0.2, -0.15) is 0 Å². The molecule has 0 saturated carbocycles. The maximum Gasteiger partial charge on any atom is 0.249 e. The Bertz CT molecular complexity index is 597. The summed E-state index contributed by atoms with van der Waals surface area (Å²) in [6, 6.07) is 7.58. The van der Waals surface area contributed by atoms with Crippen LogP contribution in [0.1, 0.15) is 30.4 Å². The molecule has 21 heavy (non-hydrogen) atoms. The van der Waals surface area contributed by atoms with Crippen molar-refractivity contribution in [3.8, 4) is 0 Å². The van der Waals surface area contributed by atoms with Crippen LogP contribution in [-0.4, -0.2) is 23.8 Å². The van der Waals surface area contributed by atoms with Gasteiger partial charge in [-0.25, -0.2) is 0 Å². The van der Waals surface area contributed by atoms with Gasteiger partial charge in [0.25, 0.3) is 0 Å². The molecule has 0 spiro atoms. The molecule has 1 aromatic carbocycles. The van der Waals surface area contributed by atoms with E-state index >= 15 is 0 Å². The van der Waals surface area contributed by atoms with Gasteiger partial charge in [0, 0.05) is 12.3 Å². The van der Waals surface area contributed by atoms with Crippen LogP contribution in [0, 0.1) is 5.92 Å². The number of hydrogen-bond acceptors (Lipinski definition) is 3. The fourth-order valence-electron chi connectivity index (χ4n) is 3.04. The quantitative estimate of drug-likeness (QED) is 0.786. The lowest BCUT2D eigenvalue weighted by Crippen LogP contribution is -2.53. The lowest BCUT2D eigenvalue weighted by molar-refractivity contribution is -0.138. The second kappa shape index (κ2) is 5.68. The number of hydrogen-bond donors (Lipinski definition) is 2. The summed E-state index contributed by atoms with van der Waals surface area (Å²) < 4.78 is 0. The maximum atomic E-state index is 12.3. The predicted octanol–water partition coefficient (Wildman–Crippen LogP) is 0.713. The van der Waals surface area contributed by atoms with Gasteiger partial charge in [0.15, 0.2) is 0 Å². The van der Waals surface area contributed by atoms with Crippen LogP contribution in [-0.2, 0) is 27.2 Å². The molecule has 0 aromatic heterocycles. The van der Waals surface area contributed by atoms with Crippen LogP contribution >= 0.6 is 0 Å². The third-order valence-electron chi connectivity index (χ3n) is 4.27. The molecule has 110 valence electrons. The van der Waals surface area contributed by atoms with Crippen molar-refractivity contribution in [1.82, 2.24) is 10.6 Å². The lowest BCUT2D eigenvalue weighted by Gasteiger charge is -2.27. The zero-order chi connectivity index (χ0) is 14.8. The zero-order valence-corrected chi connectivity index (χ0v) is 11.7. The summed E-state index contributed by atoms with van der Waals surface area (Å²) in [7, 11) is 0. The van der Waals surface area contributed by atoms with Crippen molar-refractivity contribution in [3.05, 3.63) is 35.4 Å². The van der Waals surface area contributed by atoms with Crippen LogP contribution in [0.25, 0.3) is 0 Å². The van der Waals surface area contributed by atoms with Crippen molar-refractivity contribution in [2.24, 2.45) is 5.92 Å². The van der Waals surface area contributed by atoms with E-state index in [4.69, 9.17) is 0 Å². The molecule has 5 heteroatoms. The first kappa shape index (κ1) is 13.8. The third-order valence-corrected chi connectivity index (χ3v) is 4.27. The summed E-state index contributed by atoms with van der Waals surface area (Å²) in [5.41, 5.74) is 2.52. The van der Waals surface area contributed by atoms with Gasteiger partial charge in [0.05, 0.1) is 0 Å². The van der Waals surface area contributed by atoms with Gasteiger partial charge in [-0.15, -0.1) is 0 Å². The predicted molar refractivity (Wildman–Crippen MR) is 76.3 cm³/mol. The fourth-order valence-corrected chi connectivity index (χ4v) is 3.04. The number of carbonyl (C=O) groups excluding carboxylic acids is 3. The average Bonchev–Trinajstić information content (AvgIpc) is 2.49. The lowest BCUT2D eigenvalue weighted by atomic mass is 9.83. The van der Waals surface area contributed by atoms with E-state index < -0.39 is 11.9 Å². The Morgan fingerprint density at radius 1 is 1.10 bits per heavy atom. The Labute approximate surface area is 123 Å². The smallest absolute Gasteiger partial charge is 0.249 e. The third kappa shape index (κ3) is 2.96. The van der Waals surface area contributed by atoms with E-state index in [1.165, 1.54) is 11.1 Å². The Morgan fingerprint density at radius 3 is 2.62 bits per heavy atom. The van der Waals surface area contributed by atoms with Crippen LogP contribution < -0.4 is 10.6 Å². The van der Waals surface area contributed by atoms with E-state index in [0.717, 1.165) is 19.3 Å². The minimum Gasteiger partial charge on any atom is -0.344 e. The standard InChI is InChI=1S/C16H18N2O3/c19-14-8-7-13(16(21)18-14)17-15(20)12-6-5-10-3-1-2-4-11(10)9-12/h1-4,12-13H,5-9H2,(H,17,20)(H,18,19,21). The van der Waals surface area contributed by atoms with Crippen LogP contribution in [0.3, 0.4) is 0 Å². The number of amides is 3. The number of aryl methyl sites for hydroxylation is 1. The molecular weight excluding hydrogens is 268 g/mol. The minimum atomic E-state index is -0.577. The van der Waals surface area contributed by atoms with Crippen molar-refractivity contribution in [3.63, 3.8) is 0 Å². The number of carbonyl (C=O) groups is 3. The molecule has 2 N–H and O–H groups in total. The van der Waals surface area contributed by atoms with Crippen molar-refractivity contribution in [1.29, 1.82) is 0 Å². The maximum absolute atomic E-state index is 12.3. The Balaban J connectivity index is 1.62. The first-order valence-electron chi connectivity index (χ1n) is 7.34. The highest BCUT2D eigenvalue weighted by Crippen LogP contribution is 2.25. The van der Waals surface area contributed by atoms with Crippen molar-refractivity contribution < 1.29 is 14.4 Å². The van der Waals surface area contributed by atoms with Crippen molar-refractivity contribution >= 4 is 17.7 Å². The number of imide groups is 1. The monoisotopic (exact) mass is 286 g/mol. The molecule has 1 heterocycles. The first-order chi connectivity index (χ1) is 10.1. The van der Waals surface area contributed by atoms with Gasteiger partial charge in [-0.1, -0.05) is 24.3 Å². The van der Waals surface area contributed by atoms with Crippen LogP contribution in [0.15, 0.2) is 24.3 Å². The van der Waals surface area contributed by atoms with E-state index in [1.807, 2.05) is 12.1 Å². The Morgan fingerprint density at radius 2 is 1.86 bits per heavy atom. The van der Waals surface area contributed by atoms with E-state index in [9.17, 15) is 14.4 Å². The SMILES string of the molecule is O=C1CCC(NC(=O)C2CCc3ccccc3C2)C(=O)N1. The van der Waals surface area contributed by atoms with E-state index in [1.54, 1.807) is 0 Å². The molecule has 1 aromatic rings. The normalized spacial score (nSPS) is 25.0. The molecule has 1 aliphatic heterocycles. The highest BCUT2D eigenvalue weighted by Gasteiger charge is 2.31. The number of benzene rings is 1. The average molecular weight is 286 g/mol.